The molecule has 0 bridgehead atoms. The van der Waals surface area contributed by atoms with Gasteiger partial charge < -0.3 is 29.5 Å². The van der Waals surface area contributed by atoms with Crippen LogP contribution in [0.5, 0.6) is 17.2 Å². The molecule has 0 spiro atoms. The summed E-state index contributed by atoms with van der Waals surface area (Å²) in [5.74, 6) is -5.34. The molecule has 0 heterocycles. The van der Waals surface area contributed by atoms with E-state index in [9.17, 15) is 29.3 Å². The summed E-state index contributed by atoms with van der Waals surface area (Å²) in [6, 6.07) is 2.06. The van der Waals surface area contributed by atoms with Crippen LogP contribution in [-0.2, 0) is 19.2 Å². The molecule has 0 fully saturated rings. The van der Waals surface area contributed by atoms with Gasteiger partial charge in [-0.05, 0) is 0 Å². The minimum Gasteiger partial charge on any atom is -0.493 e. The first-order valence-electron chi connectivity index (χ1n) is 9.18. The zero-order valence-corrected chi connectivity index (χ0v) is 17.8. The lowest BCUT2D eigenvalue weighted by Crippen LogP contribution is -2.44. The number of carbonyl (C=O) groups is 4. The average Bonchev–Trinajstić information content (AvgIpc) is 2.69. The quantitative estimate of drug-likeness (QED) is 0.126. The summed E-state index contributed by atoms with van der Waals surface area (Å²) in [5.41, 5.74) is -0.597. The van der Waals surface area contributed by atoms with E-state index in [0.717, 1.165) is 21.9 Å². The molecular formula is C18H23N3O12. The second kappa shape index (κ2) is 12.8. The van der Waals surface area contributed by atoms with Crippen LogP contribution in [0.4, 0.5) is 5.69 Å². The van der Waals surface area contributed by atoms with Crippen LogP contribution in [0.3, 0.4) is 0 Å². The maximum atomic E-state index is 12.4. The highest BCUT2D eigenvalue weighted by atomic mass is 16.6. The standard InChI is InChI=1S/C18H23N3O12/c1-31-13-5-11(21(29)30)12(6-14(13)32-2)33-18(28)10-20(9-17(26)27)4-3-19(7-15(22)23)8-16(24)25/h5-6H,3-4,7-10H2,1-2H3,(H,22,23)(H,24,25)(H,26,27). The third-order valence-electron chi connectivity index (χ3n) is 4.05. The molecule has 0 aliphatic heterocycles. The van der Waals surface area contributed by atoms with Gasteiger partial charge in [0.2, 0.25) is 5.75 Å². The van der Waals surface area contributed by atoms with E-state index >= 15 is 0 Å². The van der Waals surface area contributed by atoms with Crippen LogP contribution >= 0.6 is 0 Å². The molecule has 33 heavy (non-hydrogen) atoms. The van der Waals surface area contributed by atoms with E-state index < -0.39 is 66.4 Å². The number of nitro benzene ring substituents is 1. The number of nitrogens with zero attached hydrogens (tertiary/aromatic N) is 3. The summed E-state index contributed by atoms with van der Waals surface area (Å²) in [4.78, 5) is 57.9. The largest absolute Gasteiger partial charge is 0.493 e. The number of benzene rings is 1. The van der Waals surface area contributed by atoms with E-state index in [1.807, 2.05) is 0 Å². The Bertz CT molecular complexity index is 888. The Kier molecular flexibility index (Phi) is 10.5. The SMILES string of the molecule is COc1cc(OC(=O)CN(CCN(CC(=O)O)CC(=O)O)CC(=O)O)c([N+](=O)[O-])cc1OC. The van der Waals surface area contributed by atoms with Crippen molar-refractivity contribution in [3.63, 3.8) is 0 Å². The van der Waals surface area contributed by atoms with Gasteiger partial charge in [-0.3, -0.25) is 39.1 Å². The molecule has 15 heteroatoms. The summed E-state index contributed by atoms with van der Waals surface area (Å²) < 4.78 is 15.0. The zero-order chi connectivity index (χ0) is 25.1. The molecule has 1 aromatic carbocycles. The molecule has 15 nitrogen and oxygen atoms in total. The van der Waals surface area contributed by atoms with Crippen molar-refractivity contribution in [2.24, 2.45) is 0 Å². The van der Waals surface area contributed by atoms with Crippen LogP contribution in [0.25, 0.3) is 0 Å². The number of carboxylic acids is 3. The number of hydrogen-bond acceptors (Lipinski definition) is 11. The Labute approximate surface area is 186 Å². The molecule has 1 rings (SSSR count). The average molecular weight is 473 g/mol. The fourth-order valence-corrected chi connectivity index (χ4v) is 2.70. The number of rotatable bonds is 15. The summed E-state index contributed by atoms with van der Waals surface area (Å²) in [6.07, 6.45) is 0. The molecule has 0 aliphatic rings. The van der Waals surface area contributed by atoms with Crippen molar-refractivity contribution in [1.29, 1.82) is 0 Å². The van der Waals surface area contributed by atoms with Gasteiger partial charge in [0.25, 0.3) is 0 Å². The number of hydrogen-bond donors (Lipinski definition) is 3. The van der Waals surface area contributed by atoms with Crippen molar-refractivity contribution in [1.82, 2.24) is 9.80 Å². The molecular weight excluding hydrogens is 450 g/mol. The zero-order valence-electron chi connectivity index (χ0n) is 17.8. The van der Waals surface area contributed by atoms with Crippen molar-refractivity contribution in [2.45, 2.75) is 0 Å². The molecule has 0 radical (unpaired) electrons. The maximum Gasteiger partial charge on any atom is 0.325 e. The van der Waals surface area contributed by atoms with Gasteiger partial charge in [0, 0.05) is 19.2 Å². The minimum absolute atomic E-state index is 0.0217. The lowest BCUT2D eigenvalue weighted by molar-refractivity contribution is -0.385. The fraction of sp³-hybridized carbons (Fsp3) is 0.444. The van der Waals surface area contributed by atoms with Crippen LogP contribution in [-0.4, -0.2) is 107 Å². The second-order valence-electron chi connectivity index (χ2n) is 6.51. The highest BCUT2D eigenvalue weighted by Gasteiger charge is 2.25. The number of ether oxygens (including phenoxy) is 3. The molecule has 1 aromatic rings. The first-order chi connectivity index (χ1) is 15.5. The predicted octanol–water partition coefficient (Wildman–Crippen LogP) is -0.625. The second-order valence-corrected chi connectivity index (χ2v) is 6.51. The van der Waals surface area contributed by atoms with E-state index in [4.69, 9.17) is 29.5 Å². The molecule has 3 N–H and O–H groups in total. The van der Waals surface area contributed by atoms with Gasteiger partial charge in [0.15, 0.2) is 11.5 Å². The molecule has 0 unspecified atom stereocenters. The number of methoxy groups -OCH3 is 2. The van der Waals surface area contributed by atoms with Crippen LogP contribution in [0, 0.1) is 10.1 Å². The molecule has 182 valence electrons. The van der Waals surface area contributed by atoms with Gasteiger partial charge >= 0.3 is 29.6 Å². The summed E-state index contributed by atoms with van der Waals surface area (Å²) in [5, 5.41) is 38.1. The van der Waals surface area contributed by atoms with Crippen LogP contribution in [0.15, 0.2) is 12.1 Å². The van der Waals surface area contributed by atoms with E-state index in [1.54, 1.807) is 0 Å². The van der Waals surface area contributed by atoms with Crippen LogP contribution < -0.4 is 14.2 Å². The molecule has 0 aliphatic carbocycles. The molecule has 0 aromatic heterocycles. The van der Waals surface area contributed by atoms with Crippen molar-refractivity contribution in [3.05, 3.63) is 22.2 Å². The highest BCUT2D eigenvalue weighted by molar-refractivity contribution is 5.78. The van der Waals surface area contributed by atoms with Gasteiger partial charge in [-0.1, -0.05) is 0 Å². The van der Waals surface area contributed by atoms with Crippen molar-refractivity contribution < 1.29 is 53.6 Å². The van der Waals surface area contributed by atoms with Gasteiger partial charge in [-0.15, -0.1) is 0 Å². The smallest absolute Gasteiger partial charge is 0.325 e. The normalized spacial score (nSPS) is 10.7. The Morgan fingerprint density at radius 2 is 1.24 bits per heavy atom. The number of carboxylic acid groups (broad SMARTS) is 3. The monoisotopic (exact) mass is 473 g/mol. The van der Waals surface area contributed by atoms with E-state index in [0.29, 0.717) is 0 Å². The number of esters is 1. The maximum absolute atomic E-state index is 12.4. The molecule has 0 atom stereocenters. The number of nitro groups is 1. The lowest BCUT2D eigenvalue weighted by atomic mass is 10.2. The van der Waals surface area contributed by atoms with E-state index in [2.05, 4.69) is 0 Å². The van der Waals surface area contributed by atoms with Crippen LogP contribution in [0.2, 0.25) is 0 Å². The molecule has 0 amide bonds. The molecule has 0 saturated heterocycles. The van der Waals surface area contributed by atoms with Crippen LogP contribution in [0.1, 0.15) is 0 Å². The Morgan fingerprint density at radius 1 is 0.818 bits per heavy atom. The molecule has 0 saturated carbocycles. The summed E-state index contributed by atoms with van der Waals surface area (Å²) >= 11 is 0. The summed E-state index contributed by atoms with van der Waals surface area (Å²) in [6.45, 7) is -2.90. The van der Waals surface area contributed by atoms with E-state index in [-0.39, 0.29) is 24.6 Å². The van der Waals surface area contributed by atoms with Crippen molar-refractivity contribution in [3.8, 4) is 17.2 Å². The topological polar surface area (TPSA) is 206 Å². The van der Waals surface area contributed by atoms with Gasteiger partial charge in [0.1, 0.15) is 0 Å². The van der Waals surface area contributed by atoms with E-state index in [1.165, 1.54) is 14.2 Å². The Hall–Kier alpha value is -3.98. The Balaban J connectivity index is 2.99. The summed E-state index contributed by atoms with van der Waals surface area (Å²) in [7, 11) is 2.53. The van der Waals surface area contributed by atoms with Crippen molar-refractivity contribution in [2.75, 3.05) is 53.5 Å². The Morgan fingerprint density at radius 3 is 1.64 bits per heavy atom. The third kappa shape index (κ3) is 9.36. The fourth-order valence-electron chi connectivity index (χ4n) is 2.70. The first kappa shape index (κ1) is 27.1. The highest BCUT2D eigenvalue weighted by Crippen LogP contribution is 2.39. The number of aliphatic carboxylic acids is 3. The first-order valence-corrected chi connectivity index (χ1v) is 9.18. The van der Waals surface area contributed by atoms with Gasteiger partial charge in [0.05, 0.1) is 51.4 Å². The van der Waals surface area contributed by atoms with Gasteiger partial charge in [-0.25, -0.2) is 0 Å². The predicted molar refractivity (Wildman–Crippen MR) is 108 cm³/mol. The number of carbonyl (C=O) groups excluding carboxylic acids is 1. The van der Waals surface area contributed by atoms with Gasteiger partial charge in [-0.2, -0.15) is 0 Å². The lowest BCUT2D eigenvalue weighted by Gasteiger charge is -2.24. The van der Waals surface area contributed by atoms with Crippen molar-refractivity contribution >= 4 is 29.6 Å². The minimum atomic E-state index is -1.32. The third-order valence-corrected chi connectivity index (χ3v) is 4.05.